The van der Waals surface area contributed by atoms with E-state index >= 15 is 0 Å². The monoisotopic (exact) mass is 842 g/mol. The first kappa shape index (κ1) is 47.0. The Morgan fingerprint density at radius 1 is 0.867 bits per heavy atom. The Morgan fingerprint density at radius 3 is 2.07 bits per heavy atom. The van der Waals surface area contributed by atoms with Crippen molar-refractivity contribution in [2.24, 2.45) is 17.8 Å². The van der Waals surface area contributed by atoms with E-state index in [0.717, 1.165) is 12.8 Å². The van der Waals surface area contributed by atoms with E-state index in [-0.39, 0.29) is 60.6 Å². The van der Waals surface area contributed by atoms with Gasteiger partial charge in [0.2, 0.25) is 5.91 Å². The molecule has 2 saturated heterocycles. The number of benzene rings is 1. The number of carbonyl (C=O) groups is 5. The molecule has 5 aliphatic rings. The number of ether oxygens (including phenoxy) is 6. The zero-order valence-corrected chi connectivity index (χ0v) is 38.1. The van der Waals surface area contributed by atoms with Gasteiger partial charge in [0.25, 0.3) is 0 Å². The van der Waals surface area contributed by atoms with Crippen LogP contribution in [0.5, 0.6) is 11.5 Å². The Morgan fingerprint density at radius 2 is 1.48 bits per heavy atom. The lowest BCUT2D eigenvalue weighted by molar-refractivity contribution is -0.157. The van der Waals surface area contributed by atoms with Crippen LogP contribution in [-0.2, 0) is 44.3 Å². The number of aryl methyl sites for hydroxylation is 1. The van der Waals surface area contributed by atoms with Gasteiger partial charge in [-0.2, -0.15) is 0 Å². The normalized spacial score (nSPS) is 24.6. The number of likely N-dealkylation sites (tertiary alicyclic amines) is 1. The predicted molar refractivity (Wildman–Crippen MR) is 222 cm³/mol. The zero-order valence-electron chi connectivity index (χ0n) is 38.1. The molecule has 5 fully saturated rings. The summed E-state index contributed by atoms with van der Waals surface area (Å²) < 4.78 is 47.5. The number of hydrogen-bond acceptors (Lipinski definition) is 13. The van der Waals surface area contributed by atoms with Crippen molar-refractivity contribution in [1.29, 1.82) is 0 Å². The minimum atomic E-state index is -1.12. The molecule has 60 heavy (non-hydrogen) atoms. The SMILES string of the molecule is CC1[C@@H]2C[C@H]3OB(CCc4ccc(OC5CN(C(=O)CC[C@H](NC(=O)OC(C)(C)C)C(=O)OC(C)(C)C)C5)c(C(=O)OC(C)(C)C)c4OC(=O)OC(C)(C)C)O[C@@]3(C)[C@H]1C2. The molecule has 1 aromatic carbocycles. The molecule has 2 heterocycles. The predicted octanol–water partition coefficient (Wildman–Crippen LogP) is 7.44. The van der Waals surface area contributed by atoms with Gasteiger partial charge in [-0.25, -0.2) is 19.2 Å². The molecule has 2 aliphatic heterocycles. The lowest BCUT2D eigenvalue weighted by atomic mass is 9.51. The molecule has 16 heteroatoms. The number of hydrogen-bond donors (Lipinski definition) is 1. The van der Waals surface area contributed by atoms with Gasteiger partial charge in [-0.15, -0.1) is 0 Å². The van der Waals surface area contributed by atoms with E-state index in [1.165, 1.54) is 0 Å². The van der Waals surface area contributed by atoms with Crippen LogP contribution in [0.2, 0.25) is 6.32 Å². The van der Waals surface area contributed by atoms with Gasteiger partial charge in [0, 0.05) is 6.42 Å². The van der Waals surface area contributed by atoms with Gasteiger partial charge in [-0.3, -0.25) is 4.79 Å². The van der Waals surface area contributed by atoms with Gasteiger partial charge in [0.05, 0.1) is 24.8 Å². The standard InChI is InChI=1S/C44H67BN2O13/c1-25-27-21-29(25)44(14)32(22-27)59-45(60-44)20-19-26-15-17-31(34(37(50)56-41(5,6)7)35(26)54-39(52)58-43(11,12)13)53-28-23-47(24-28)33(48)18-16-30(36(49)55-40(2,3)4)46-38(51)57-42(8,9)10/h15,17,25,27-30,32H,16,18-24H2,1-14H3,(H,46,51)/t25?,27-,29-,30-,32+,44-/m0/s1. The van der Waals surface area contributed by atoms with Crippen molar-refractivity contribution in [3.05, 3.63) is 23.3 Å². The fraction of sp³-hybridized carbons (Fsp3) is 0.750. The van der Waals surface area contributed by atoms with E-state index in [4.69, 9.17) is 37.7 Å². The van der Waals surface area contributed by atoms with Crippen molar-refractivity contribution >= 4 is 37.2 Å². The van der Waals surface area contributed by atoms with Crippen LogP contribution in [0.25, 0.3) is 0 Å². The van der Waals surface area contributed by atoms with Crippen LogP contribution in [0.4, 0.5) is 9.59 Å². The Kier molecular flexibility index (Phi) is 13.6. The molecular formula is C44H67BN2O13. The summed E-state index contributed by atoms with van der Waals surface area (Å²) in [6.45, 7) is 25.3. The largest absolute Gasteiger partial charge is 0.514 e. The second-order valence-corrected chi connectivity index (χ2v) is 20.9. The number of nitrogens with one attached hydrogen (secondary N) is 1. The third kappa shape index (κ3) is 12.1. The Balaban J connectivity index is 1.31. The fourth-order valence-electron chi connectivity index (χ4n) is 8.24. The molecule has 0 aromatic heterocycles. The van der Waals surface area contributed by atoms with Gasteiger partial charge in [0.1, 0.15) is 45.9 Å². The second kappa shape index (κ2) is 17.4. The third-order valence-corrected chi connectivity index (χ3v) is 11.1. The molecule has 3 saturated carbocycles. The lowest BCUT2D eigenvalue weighted by Gasteiger charge is -2.58. The van der Waals surface area contributed by atoms with Crippen LogP contribution >= 0.6 is 0 Å². The highest BCUT2D eigenvalue weighted by Gasteiger charge is 2.63. The number of alkyl carbamates (subject to hydrolysis) is 1. The van der Waals surface area contributed by atoms with Crippen LogP contribution in [0.15, 0.2) is 12.1 Å². The first-order valence-corrected chi connectivity index (χ1v) is 21.3. The molecule has 2 bridgehead atoms. The Bertz CT molecular complexity index is 1790. The average molecular weight is 843 g/mol. The van der Waals surface area contributed by atoms with Crippen molar-refractivity contribution in [1.82, 2.24) is 10.2 Å². The van der Waals surface area contributed by atoms with Crippen molar-refractivity contribution in [3.8, 4) is 11.5 Å². The molecule has 0 radical (unpaired) electrons. The van der Waals surface area contributed by atoms with Crippen LogP contribution < -0.4 is 14.8 Å². The Hall–Kier alpha value is -4.05. The maximum Gasteiger partial charge on any atom is 0.514 e. The summed E-state index contributed by atoms with van der Waals surface area (Å²) in [4.78, 5) is 67.8. The van der Waals surface area contributed by atoms with Gasteiger partial charge in [-0.1, -0.05) is 13.0 Å². The van der Waals surface area contributed by atoms with E-state index in [0.29, 0.717) is 36.1 Å². The second-order valence-electron chi connectivity index (χ2n) is 20.9. The highest BCUT2D eigenvalue weighted by Crippen LogP contribution is 2.59. The summed E-state index contributed by atoms with van der Waals surface area (Å²) in [5, 5.41) is 2.55. The van der Waals surface area contributed by atoms with Gasteiger partial charge in [0.15, 0.2) is 5.75 Å². The Labute approximate surface area is 355 Å². The molecule has 15 nitrogen and oxygen atoms in total. The van der Waals surface area contributed by atoms with Crippen LogP contribution in [0.3, 0.4) is 0 Å². The van der Waals surface area contributed by atoms with Crippen molar-refractivity contribution in [3.63, 3.8) is 0 Å². The summed E-state index contributed by atoms with van der Waals surface area (Å²) in [7, 11) is -0.479. The highest BCUT2D eigenvalue weighted by molar-refractivity contribution is 6.45. The summed E-state index contributed by atoms with van der Waals surface area (Å²) in [6, 6.07) is 2.26. The van der Waals surface area contributed by atoms with Crippen LogP contribution in [0.1, 0.15) is 139 Å². The molecule has 6 atom stereocenters. The maximum atomic E-state index is 14.0. The van der Waals surface area contributed by atoms with E-state index in [9.17, 15) is 24.0 Å². The summed E-state index contributed by atoms with van der Waals surface area (Å²) in [5.41, 5.74) is -3.32. The lowest BCUT2D eigenvalue weighted by Crippen LogP contribution is -2.60. The summed E-state index contributed by atoms with van der Waals surface area (Å²) in [5.74, 6) is 0.0211. The molecule has 0 spiro atoms. The number of rotatable bonds is 12. The van der Waals surface area contributed by atoms with Crippen molar-refractivity contribution in [2.75, 3.05) is 13.1 Å². The first-order chi connectivity index (χ1) is 27.5. The minimum absolute atomic E-state index is 0.0160. The highest BCUT2D eigenvalue weighted by atomic mass is 16.7. The van der Waals surface area contributed by atoms with E-state index < -0.39 is 65.9 Å². The molecule has 6 rings (SSSR count). The average Bonchev–Trinajstić information content (AvgIpc) is 3.40. The maximum absolute atomic E-state index is 14.0. The first-order valence-electron chi connectivity index (χ1n) is 21.3. The molecule has 3 aliphatic carbocycles. The number of carbonyl (C=O) groups excluding carboxylic acids is 5. The van der Waals surface area contributed by atoms with E-state index in [1.807, 2.05) is 0 Å². The van der Waals surface area contributed by atoms with Gasteiger partial charge < -0.3 is 47.9 Å². The van der Waals surface area contributed by atoms with Crippen LogP contribution in [-0.4, -0.2) is 101 Å². The molecule has 334 valence electrons. The minimum Gasteiger partial charge on any atom is -0.486 e. The van der Waals surface area contributed by atoms with Crippen molar-refractivity contribution < 1.29 is 61.7 Å². The molecular weight excluding hydrogens is 775 g/mol. The fourth-order valence-corrected chi connectivity index (χ4v) is 8.24. The molecule has 1 N–H and O–H groups in total. The smallest absolute Gasteiger partial charge is 0.486 e. The zero-order chi connectivity index (χ0) is 44.7. The number of nitrogens with zero attached hydrogens (tertiary/aromatic N) is 1. The summed E-state index contributed by atoms with van der Waals surface area (Å²) >= 11 is 0. The van der Waals surface area contributed by atoms with E-state index in [1.54, 1.807) is 100 Å². The van der Waals surface area contributed by atoms with Gasteiger partial charge in [-0.05, 0) is 151 Å². The molecule has 1 aromatic rings. The number of esters is 2. The van der Waals surface area contributed by atoms with Crippen molar-refractivity contribution in [2.45, 2.75) is 182 Å². The van der Waals surface area contributed by atoms with Gasteiger partial charge >= 0.3 is 31.3 Å². The van der Waals surface area contributed by atoms with Crippen LogP contribution in [0, 0.1) is 17.8 Å². The third-order valence-electron chi connectivity index (χ3n) is 11.1. The number of amides is 2. The topological polar surface area (TPSA) is 174 Å². The summed E-state index contributed by atoms with van der Waals surface area (Å²) in [6.07, 6.45) is 0.469. The molecule has 2 amide bonds. The van der Waals surface area contributed by atoms with E-state index in [2.05, 4.69) is 19.2 Å². The quantitative estimate of drug-likeness (QED) is 0.0953. The molecule has 1 unspecified atom stereocenters.